The van der Waals surface area contributed by atoms with Gasteiger partial charge in [-0.2, -0.15) is 0 Å². The molecule has 136 valence electrons. The van der Waals surface area contributed by atoms with Crippen LogP contribution in [0.3, 0.4) is 0 Å². The summed E-state index contributed by atoms with van der Waals surface area (Å²) in [5.41, 5.74) is 4.10. The first-order valence-electron chi connectivity index (χ1n) is 9.96. The van der Waals surface area contributed by atoms with Crippen molar-refractivity contribution < 1.29 is 0 Å². The van der Waals surface area contributed by atoms with Crippen LogP contribution in [0.15, 0.2) is 91.0 Å². The van der Waals surface area contributed by atoms with Crippen LogP contribution in [0.4, 0.5) is 0 Å². The third-order valence-corrected chi connectivity index (χ3v) is 5.81. The van der Waals surface area contributed by atoms with Crippen molar-refractivity contribution >= 4 is 32.3 Å². The van der Waals surface area contributed by atoms with Gasteiger partial charge < -0.3 is 0 Å². The van der Waals surface area contributed by atoms with E-state index in [1.54, 1.807) is 0 Å². The molecule has 0 spiro atoms. The Hall–Kier alpha value is -3.12. The van der Waals surface area contributed by atoms with E-state index in [2.05, 4.69) is 112 Å². The van der Waals surface area contributed by atoms with Crippen LogP contribution in [-0.4, -0.2) is 0 Å². The standard InChI is InChI=1S/C28H24/c1-28(2,3)21-11-8-10-20(17-21)26-18-27-22-12-5-4-9-19(22)15-16-25(27)23-13-6-7-14-24(23)26/h4-18H,1-3H3. The third kappa shape index (κ3) is 2.68. The highest BCUT2D eigenvalue weighted by atomic mass is 14.2. The molecule has 0 saturated carbocycles. The van der Waals surface area contributed by atoms with Crippen molar-refractivity contribution in [2.45, 2.75) is 26.2 Å². The second-order valence-electron chi connectivity index (χ2n) is 8.68. The number of benzene rings is 5. The average molecular weight is 361 g/mol. The van der Waals surface area contributed by atoms with Crippen molar-refractivity contribution in [3.05, 3.63) is 96.6 Å². The predicted octanol–water partition coefficient (Wildman–Crippen LogP) is 8.11. The minimum atomic E-state index is 0.134. The second-order valence-corrected chi connectivity index (χ2v) is 8.68. The molecule has 0 saturated heterocycles. The summed E-state index contributed by atoms with van der Waals surface area (Å²) in [5.74, 6) is 0. The van der Waals surface area contributed by atoms with E-state index in [1.807, 2.05) is 0 Å². The van der Waals surface area contributed by atoms with E-state index in [-0.39, 0.29) is 5.41 Å². The molecule has 0 aliphatic carbocycles. The van der Waals surface area contributed by atoms with Gasteiger partial charge in [0.05, 0.1) is 0 Å². The zero-order chi connectivity index (χ0) is 19.3. The van der Waals surface area contributed by atoms with Gasteiger partial charge in [0.25, 0.3) is 0 Å². The third-order valence-electron chi connectivity index (χ3n) is 5.81. The molecular weight excluding hydrogens is 336 g/mol. The van der Waals surface area contributed by atoms with Gasteiger partial charge in [-0.3, -0.25) is 0 Å². The number of hydrogen-bond acceptors (Lipinski definition) is 0. The zero-order valence-corrected chi connectivity index (χ0v) is 16.7. The lowest BCUT2D eigenvalue weighted by atomic mass is 9.84. The Balaban J connectivity index is 1.92. The molecule has 0 aromatic heterocycles. The minimum Gasteiger partial charge on any atom is -0.0616 e. The van der Waals surface area contributed by atoms with Gasteiger partial charge in [-0.05, 0) is 60.5 Å². The molecule has 0 heterocycles. The topological polar surface area (TPSA) is 0 Å². The highest BCUT2D eigenvalue weighted by molar-refractivity contribution is 6.20. The molecule has 5 aromatic carbocycles. The second kappa shape index (κ2) is 6.21. The molecule has 0 bridgehead atoms. The molecule has 0 fully saturated rings. The van der Waals surface area contributed by atoms with Crippen molar-refractivity contribution in [1.82, 2.24) is 0 Å². The van der Waals surface area contributed by atoms with E-state index in [0.717, 1.165) is 0 Å². The van der Waals surface area contributed by atoms with Crippen molar-refractivity contribution in [3.8, 4) is 11.1 Å². The maximum Gasteiger partial charge on any atom is -0.00928 e. The Morgan fingerprint density at radius 1 is 0.500 bits per heavy atom. The molecule has 28 heavy (non-hydrogen) atoms. The molecule has 0 heteroatoms. The van der Waals surface area contributed by atoms with Gasteiger partial charge in [-0.25, -0.2) is 0 Å². The van der Waals surface area contributed by atoms with Crippen LogP contribution < -0.4 is 0 Å². The highest BCUT2D eigenvalue weighted by Crippen LogP contribution is 2.38. The van der Waals surface area contributed by atoms with E-state index >= 15 is 0 Å². The predicted molar refractivity (Wildman–Crippen MR) is 123 cm³/mol. The summed E-state index contributed by atoms with van der Waals surface area (Å²) < 4.78 is 0. The van der Waals surface area contributed by atoms with Gasteiger partial charge in [-0.15, -0.1) is 0 Å². The van der Waals surface area contributed by atoms with Gasteiger partial charge >= 0.3 is 0 Å². The quantitative estimate of drug-likeness (QED) is 0.265. The number of fused-ring (bicyclic) bond motifs is 5. The van der Waals surface area contributed by atoms with Crippen LogP contribution in [0.25, 0.3) is 43.4 Å². The summed E-state index contributed by atoms with van der Waals surface area (Å²) >= 11 is 0. The van der Waals surface area contributed by atoms with Crippen molar-refractivity contribution in [1.29, 1.82) is 0 Å². The molecule has 0 nitrogen and oxygen atoms in total. The first kappa shape index (κ1) is 17.0. The smallest absolute Gasteiger partial charge is 0.00928 e. The molecule has 0 aliphatic heterocycles. The lowest BCUT2D eigenvalue weighted by Crippen LogP contribution is -2.10. The van der Waals surface area contributed by atoms with Crippen molar-refractivity contribution in [3.63, 3.8) is 0 Å². The maximum absolute atomic E-state index is 2.39. The SMILES string of the molecule is CC(C)(C)c1cccc(-c2cc3c4ccccc4ccc3c3ccccc23)c1. The average Bonchev–Trinajstić information content (AvgIpc) is 2.72. The van der Waals surface area contributed by atoms with Gasteiger partial charge in [0.2, 0.25) is 0 Å². The fraction of sp³-hybridized carbons (Fsp3) is 0.143. The lowest BCUT2D eigenvalue weighted by molar-refractivity contribution is 0.590. The van der Waals surface area contributed by atoms with Crippen LogP contribution in [0.1, 0.15) is 26.3 Å². The fourth-order valence-electron chi connectivity index (χ4n) is 4.25. The summed E-state index contributed by atoms with van der Waals surface area (Å²) in [4.78, 5) is 0. The largest absolute Gasteiger partial charge is 0.0616 e. The van der Waals surface area contributed by atoms with E-state index in [1.165, 1.54) is 49.0 Å². The van der Waals surface area contributed by atoms with E-state index in [4.69, 9.17) is 0 Å². The van der Waals surface area contributed by atoms with Crippen LogP contribution >= 0.6 is 0 Å². The van der Waals surface area contributed by atoms with E-state index in [0.29, 0.717) is 0 Å². The Labute approximate surface area is 166 Å². The number of rotatable bonds is 1. The minimum absolute atomic E-state index is 0.134. The molecule has 0 N–H and O–H groups in total. The summed E-state index contributed by atoms with van der Waals surface area (Å²) in [6.45, 7) is 6.83. The lowest BCUT2D eigenvalue weighted by Gasteiger charge is -2.20. The molecule has 0 radical (unpaired) electrons. The van der Waals surface area contributed by atoms with Crippen LogP contribution in [-0.2, 0) is 5.41 Å². The summed E-state index contributed by atoms with van der Waals surface area (Å²) in [6.07, 6.45) is 0. The molecule has 5 aromatic rings. The van der Waals surface area contributed by atoms with Crippen molar-refractivity contribution in [2.75, 3.05) is 0 Å². The molecule has 5 rings (SSSR count). The first-order chi connectivity index (χ1) is 13.5. The molecule has 0 atom stereocenters. The highest BCUT2D eigenvalue weighted by Gasteiger charge is 2.16. The van der Waals surface area contributed by atoms with E-state index < -0.39 is 0 Å². The van der Waals surface area contributed by atoms with Gasteiger partial charge in [-0.1, -0.05) is 106 Å². The summed E-state index contributed by atoms with van der Waals surface area (Å²) in [6, 6.07) is 33.4. The molecule has 0 aliphatic rings. The Bertz CT molecular complexity index is 1330. The van der Waals surface area contributed by atoms with Crippen LogP contribution in [0.2, 0.25) is 0 Å². The molecule has 0 unspecified atom stereocenters. The van der Waals surface area contributed by atoms with Crippen LogP contribution in [0.5, 0.6) is 0 Å². The summed E-state index contributed by atoms with van der Waals surface area (Å²) in [5, 5.41) is 7.90. The van der Waals surface area contributed by atoms with Crippen LogP contribution in [0, 0.1) is 0 Å². The Morgan fingerprint density at radius 3 is 1.96 bits per heavy atom. The number of hydrogen-bond donors (Lipinski definition) is 0. The normalized spacial score (nSPS) is 12.1. The fourth-order valence-corrected chi connectivity index (χ4v) is 4.25. The molecular formula is C28H24. The maximum atomic E-state index is 2.39. The first-order valence-corrected chi connectivity index (χ1v) is 9.96. The molecule has 0 amide bonds. The van der Waals surface area contributed by atoms with E-state index in [9.17, 15) is 0 Å². The van der Waals surface area contributed by atoms with Gasteiger partial charge in [0.1, 0.15) is 0 Å². The Morgan fingerprint density at radius 2 is 1.18 bits per heavy atom. The zero-order valence-electron chi connectivity index (χ0n) is 16.7. The Kier molecular flexibility index (Phi) is 3.77. The monoisotopic (exact) mass is 360 g/mol. The van der Waals surface area contributed by atoms with Gasteiger partial charge in [0.15, 0.2) is 0 Å². The van der Waals surface area contributed by atoms with Gasteiger partial charge in [0, 0.05) is 0 Å². The summed E-state index contributed by atoms with van der Waals surface area (Å²) in [7, 11) is 0. The van der Waals surface area contributed by atoms with Crippen molar-refractivity contribution in [2.24, 2.45) is 0 Å².